The number of thiophene rings is 1. The summed E-state index contributed by atoms with van der Waals surface area (Å²) in [4.78, 5) is 1.19. The number of methoxy groups -OCH3 is 2. The van der Waals surface area contributed by atoms with Gasteiger partial charge in [0.2, 0.25) is 0 Å². The van der Waals surface area contributed by atoms with E-state index in [0.29, 0.717) is 0 Å². The van der Waals surface area contributed by atoms with E-state index in [-0.39, 0.29) is 6.04 Å². The number of hydrogen-bond acceptors (Lipinski definition) is 4. The zero-order valence-electron chi connectivity index (χ0n) is 12.1. The van der Waals surface area contributed by atoms with Gasteiger partial charge in [0.1, 0.15) is 4.34 Å². The molecule has 114 valence electrons. The first-order valence-electron chi connectivity index (χ1n) is 6.44. The van der Waals surface area contributed by atoms with Gasteiger partial charge in [0.15, 0.2) is 11.5 Å². The molecule has 3 nitrogen and oxygen atoms in total. The zero-order valence-corrected chi connectivity index (χ0v) is 15.2. The molecular formula is C15H17BrClNO2S. The third-order valence-electron chi connectivity index (χ3n) is 3.19. The molecule has 1 heterocycles. The number of ether oxygens (including phenoxy) is 2. The lowest BCUT2D eigenvalue weighted by atomic mass is 10.1. The lowest BCUT2D eigenvalue weighted by Crippen LogP contribution is -2.17. The summed E-state index contributed by atoms with van der Waals surface area (Å²) in [5.74, 6) is 1.48. The third kappa shape index (κ3) is 4.13. The summed E-state index contributed by atoms with van der Waals surface area (Å²) in [6.07, 6.45) is 0. The molecule has 21 heavy (non-hydrogen) atoms. The van der Waals surface area contributed by atoms with Crippen LogP contribution in [0.4, 0.5) is 0 Å². The highest BCUT2D eigenvalue weighted by Gasteiger charge is 2.11. The van der Waals surface area contributed by atoms with Crippen LogP contribution in [-0.2, 0) is 6.54 Å². The van der Waals surface area contributed by atoms with E-state index in [1.54, 1.807) is 25.6 Å². The molecule has 1 atom stereocenters. The van der Waals surface area contributed by atoms with Crippen LogP contribution in [0, 0.1) is 0 Å². The van der Waals surface area contributed by atoms with Crippen LogP contribution in [-0.4, -0.2) is 14.2 Å². The fraction of sp³-hybridized carbons (Fsp3) is 0.333. The molecule has 1 N–H and O–H groups in total. The van der Waals surface area contributed by atoms with E-state index < -0.39 is 0 Å². The molecule has 0 aliphatic rings. The summed E-state index contributed by atoms with van der Waals surface area (Å²) in [6.45, 7) is 2.89. The average Bonchev–Trinajstić information content (AvgIpc) is 2.82. The fourth-order valence-electron chi connectivity index (χ4n) is 1.97. The standard InChI is InChI=1S/C15H17BrClNO2S/c1-9(18-8-11-7-12(16)15(17)21-11)10-4-5-13(19-2)14(6-10)20-3/h4-7,9,18H,8H2,1-3H3. The Balaban J connectivity index is 2.04. The maximum absolute atomic E-state index is 6.05. The summed E-state index contributed by atoms with van der Waals surface area (Å²) in [5.41, 5.74) is 1.15. The van der Waals surface area contributed by atoms with Crippen molar-refractivity contribution >= 4 is 38.9 Å². The summed E-state index contributed by atoms with van der Waals surface area (Å²) in [5, 5.41) is 3.48. The summed E-state index contributed by atoms with van der Waals surface area (Å²) < 4.78 is 12.3. The lowest BCUT2D eigenvalue weighted by Gasteiger charge is -2.16. The molecule has 0 saturated heterocycles. The van der Waals surface area contributed by atoms with E-state index in [4.69, 9.17) is 21.1 Å². The highest BCUT2D eigenvalue weighted by molar-refractivity contribution is 9.10. The molecule has 0 radical (unpaired) electrons. The van der Waals surface area contributed by atoms with Crippen molar-refractivity contribution in [3.05, 3.63) is 43.5 Å². The summed E-state index contributed by atoms with van der Waals surface area (Å²) in [7, 11) is 3.28. The van der Waals surface area contributed by atoms with Crippen molar-refractivity contribution in [1.82, 2.24) is 5.32 Å². The highest BCUT2D eigenvalue weighted by Crippen LogP contribution is 2.33. The van der Waals surface area contributed by atoms with Gasteiger partial charge in [-0.3, -0.25) is 0 Å². The number of nitrogens with one attached hydrogen (secondary N) is 1. The average molecular weight is 391 g/mol. The predicted octanol–water partition coefficient (Wildman–Crippen LogP) is 5.03. The van der Waals surface area contributed by atoms with E-state index >= 15 is 0 Å². The van der Waals surface area contributed by atoms with E-state index in [9.17, 15) is 0 Å². The lowest BCUT2D eigenvalue weighted by molar-refractivity contribution is 0.354. The van der Waals surface area contributed by atoms with Gasteiger partial charge >= 0.3 is 0 Å². The van der Waals surface area contributed by atoms with E-state index in [1.165, 1.54) is 4.88 Å². The number of rotatable bonds is 6. The number of benzene rings is 1. The monoisotopic (exact) mass is 389 g/mol. The van der Waals surface area contributed by atoms with Gasteiger partial charge in [-0.1, -0.05) is 17.7 Å². The van der Waals surface area contributed by atoms with Gasteiger partial charge in [0.05, 0.1) is 14.2 Å². The van der Waals surface area contributed by atoms with Crippen LogP contribution in [0.5, 0.6) is 11.5 Å². The van der Waals surface area contributed by atoms with Gasteiger partial charge in [-0.25, -0.2) is 0 Å². The molecule has 1 aromatic carbocycles. The number of hydrogen-bond donors (Lipinski definition) is 1. The van der Waals surface area contributed by atoms with Crippen molar-refractivity contribution in [2.75, 3.05) is 14.2 Å². The minimum atomic E-state index is 0.199. The van der Waals surface area contributed by atoms with Crippen molar-refractivity contribution in [1.29, 1.82) is 0 Å². The van der Waals surface area contributed by atoms with Crippen molar-refractivity contribution in [2.45, 2.75) is 19.5 Å². The molecule has 1 unspecified atom stereocenters. The molecule has 2 rings (SSSR count). The first-order valence-corrected chi connectivity index (χ1v) is 8.43. The fourth-order valence-corrected chi connectivity index (χ4v) is 3.71. The molecule has 0 aliphatic heterocycles. The first kappa shape index (κ1) is 16.6. The van der Waals surface area contributed by atoms with Crippen LogP contribution in [0.3, 0.4) is 0 Å². The Kier molecular flexibility index (Phi) is 5.93. The normalized spacial score (nSPS) is 12.2. The predicted molar refractivity (Wildman–Crippen MR) is 91.8 cm³/mol. The molecule has 6 heteroatoms. The van der Waals surface area contributed by atoms with Crippen LogP contribution >= 0.6 is 38.9 Å². The third-order valence-corrected chi connectivity index (χ3v) is 5.66. The van der Waals surface area contributed by atoms with Crippen LogP contribution in [0.2, 0.25) is 4.34 Å². The maximum atomic E-state index is 6.05. The Hall–Kier alpha value is -0.750. The molecule has 0 aliphatic carbocycles. The molecule has 0 amide bonds. The Morgan fingerprint density at radius 3 is 2.52 bits per heavy atom. The van der Waals surface area contributed by atoms with Gasteiger partial charge in [-0.15, -0.1) is 11.3 Å². The van der Waals surface area contributed by atoms with Gasteiger partial charge in [-0.2, -0.15) is 0 Å². The smallest absolute Gasteiger partial charge is 0.161 e. The Morgan fingerprint density at radius 2 is 1.95 bits per heavy atom. The highest BCUT2D eigenvalue weighted by atomic mass is 79.9. The minimum Gasteiger partial charge on any atom is -0.493 e. The van der Waals surface area contributed by atoms with Gasteiger partial charge in [0.25, 0.3) is 0 Å². The largest absolute Gasteiger partial charge is 0.493 e. The van der Waals surface area contributed by atoms with Crippen molar-refractivity contribution < 1.29 is 9.47 Å². The van der Waals surface area contributed by atoms with Crippen LogP contribution in [0.25, 0.3) is 0 Å². The topological polar surface area (TPSA) is 30.5 Å². The Labute approximate surface area is 142 Å². The summed E-state index contributed by atoms with van der Waals surface area (Å²) >= 11 is 11.0. The van der Waals surface area contributed by atoms with Gasteiger partial charge in [0, 0.05) is 21.9 Å². The molecule has 0 bridgehead atoms. The van der Waals surface area contributed by atoms with Crippen molar-refractivity contribution in [2.24, 2.45) is 0 Å². The molecule has 1 aromatic heterocycles. The summed E-state index contributed by atoms with van der Waals surface area (Å²) in [6, 6.07) is 8.20. The number of halogens is 2. The van der Waals surface area contributed by atoms with Gasteiger partial charge < -0.3 is 14.8 Å². The van der Waals surface area contributed by atoms with E-state index in [1.807, 2.05) is 24.3 Å². The Morgan fingerprint density at radius 1 is 1.24 bits per heavy atom. The quantitative estimate of drug-likeness (QED) is 0.750. The van der Waals surface area contributed by atoms with Crippen molar-refractivity contribution in [3.63, 3.8) is 0 Å². The van der Waals surface area contributed by atoms with Crippen molar-refractivity contribution in [3.8, 4) is 11.5 Å². The maximum Gasteiger partial charge on any atom is 0.161 e. The van der Waals surface area contributed by atoms with Gasteiger partial charge in [-0.05, 0) is 46.6 Å². The molecule has 0 fully saturated rings. The zero-order chi connectivity index (χ0) is 15.4. The molecule has 2 aromatic rings. The second-order valence-corrected chi connectivity index (χ2v) is 7.14. The second-order valence-electron chi connectivity index (χ2n) is 4.55. The van der Waals surface area contributed by atoms with Crippen LogP contribution in [0.15, 0.2) is 28.7 Å². The van der Waals surface area contributed by atoms with E-state index in [0.717, 1.165) is 32.4 Å². The molecular weight excluding hydrogens is 374 g/mol. The Bertz CT molecular complexity index is 598. The molecule has 0 spiro atoms. The minimum absolute atomic E-state index is 0.199. The van der Waals surface area contributed by atoms with Crippen LogP contribution in [0.1, 0.15) is 23.4 Å². The van der Waals surface area contributed by atoms with Crippen LogP contribution < -0.4 is 14.8 Å². The SMILES string of the molecule is COc1ccc(C(C)NCc2cc(Br)c(Cl)s2)cc1OC. The molecule has 0 saturated carbocycles. The second kappa shape index (κ2) is 7.49. The van der Waals surface area contributed by atoms with E-state index in [2.05, 4.69) is 28.2 Å². The first-order chi connectivity index (χ1) is 10.0.